The molecule has 0 rings (SSSR count). The van der Waals surface area contributed by atoms with E-state index >= 15 is 0 Å². The zero-order valence-corrected chi connectivity index (χ0v) is 7.34. The van der Waals surface area contributed by atoms with Crippen LogP contribution in [0.1, 0.15) is 39.5 Å². The van der Waals surface area contributed by atoms with E-state index in [0.717, 1.165) is 12.8 Å². The van der Waals surface area contributed by atoms with Crippen molar-refractivity contribution in [2.75, 3.05) is 0 Å². The molecule has 0 aromatic rings. The Kier molecular flexibility index (Phi) is 5.90. The Bertz CT molecular complexity index is 110. The summed E-state index contributed by atoms with van der Waals surface area (Å²) in [6.07, 6.45) is 6.31. The number of aliphatic carboxylic acids is 1. The highest BCUT2D eigenvalue weighted by Crippen LogP contribution is 2.08. The van der Waals surface area contributed by atoms with Crippen LogP contribution in [0.2, 0.25) is 0 Å². The van der Waals surface area contributed by atoms with Crippen LogP contribution in [0.5, 0.6) is 0 Å². The topological polar surface area (TPSA) is 37.3 Å². The molecule has 0 spiro atoms. The van der Waals surface area contributed by atoms with E-state index in [0.29, 0.717) is 0 Å². The normalized spacial score (nSPS) is 12.9. The van der Waals surface area contributed by atoms with Crippen molar-refractivity contribution in [3.63, 3.8) is 0 Å². The number of unbranched alkanes of at least 4 members (excludes halogenated alkanes) is 3. The van der Waals surface area contributed by atoms with Crippen LogP contribution in [0.4, 0.5) is 0 Å². The van der Waals surface area contributed by atoms with Gasteiger partial charge in [0, 0.05) is 0 Å². The van der Waals surface area contributed by atoms with Crippen LogP contribution >= 0.6 is 0 Å². The summed E-state index contributed by atoms with van der Waals surface area (Å²) in [5.74, 6) is -1.01. The summed E-state index contributed by atoms with van der Waals surface area (Å²) in [5, 5.41) is 8.51. The molecule has 0 aromatic heterocycles. The summed E-state index contributed by atoms with van der Waals surface area (Å²) in [7, 11) is 0. The molecule has 2 nitrogen and oxygen atoms in total. The van der Waals surface area contributed by atoms with Gasteiger partial charge in [-0.3, -0.25) is 4.79 Å². The molecular weight excluding hydrogens is 140 g/mol. The Balaban J connectivity index is 3.17. The molecule has 0 aliphatic carbocycles. The van der Waals surface area contributed by atoms with Gasteiger partial charge in [0.25, 0.3) is 0 Å². The zero-order valence-electron chi connectivity index (χ0n) is 7.34. The monoisotopic (exact) mass is 157 g/mol. The largest absolute Gasteiger partial charge is 0.481 e. The third-order valence-electron chi connectivity index (χ3n) is 1.72. The van der Waals surface area contributed by atoms with Crippen LogP contribution in [0.15, 0.2) is 0 Å². The quantitative estimate of drug-likeness (QED) is 0.601. The lowest BCUT2D eigenvalue weighted by Crippen LogP contribution is -2.09. The van der Waals surface area contributed by atoms with Crippen LogP contribution in [0, 0.1) is 12.3 Å². The predicted molar refractivity (Wildman–Crippen MR) is 45.2 cm³/mol. The highest BCUT2D eigenvalue weighted by atomic mass is 16.4. The molecule has 1 radical (unpaired) electrons. The predicted octanol–water partition coefficient (Wildman–Crippen LogP) is 2.49. The molecule has 0 bridgehead atoms. The van der Waals surface area contributed by atoms with Crippen molar-refractivity contribution in [2.45, 2.75) is 39.5 Å². The van der Waals surface area contributed by atoms with Gasteiger partial charge in [0.05, 0.1) is 5.92 Å². The minimum atomic E-state index is -0.721. The van der Waals surface area contributed by atoms with E-state index in [4.69, 9.17) is 5.11 Å². The highest BCUT2D eigenvalue weighted by Gasteiger charge is 2.09. The molecule has 0 aliphatic heterocycles. The summed E-state index contributed by atoms with van der Waals surface area (Å²) in [6.45, 7) is 3.86. The van der Waals surface area contributed by atoms with E-state index in [9.17, 15) is 4.79 Å². The van der Waals surface area contributed by atoms with Crippen molar-refractivity contribution in [1.82, 2.24) is 0 Å². The minimum Gasteiger partial charge on any atom is -0.481 e. The van der Waals surface area contributed by atoms with Gasteiger partial charge in [-0.1, -0.05) is 33.1 Å². The van der Waals surface area contributed by atoms with Gasteiger partial charge in [-0.05, 0) is 12.8 Å². The van der Waals surface area contributed by atoms with E-state index in [2.05, 4.69) is 6.92 Å². The van der Waals surface area contributed by atoms with Gasteiger partial charge >= 0.3 is 5.97 Å². The van der Waals surface area contributed by atoms with Gasteiger partial charge in [-0.25, -0.2) is 0 Å². The molecule has 2 heteroatoms. The van der Waals surface area contributed by atoms with Crippen LogP contribution < -0.4 is 0 Å². The lowest BCUT2D eigenvalue weighted by atomic mass is 10.0. The fourth-order valence-corrected chi connectivity index (χ4v) is 0.863. The molecule has 0 saturated heterocycles. The third-order valence-corrected chi connectivity index (χ3v) is 1.72. The first-order chi connectivity index (χ1) is 5.18. The second-order valence-electron chi connectivity index (χ2n) is 2.86. The van der Waals surface area contributed by atoms with Crippen LogP contribution in [-0.4, -0.2) is 11.1 Å². The molecule has 1 unspecified atom stereocenters. The lowest BCUT2D eigenvalue weighted by molar-refractivity contribution is -0.140. The first-order valence-corrected chi connectivity index (χ1v) is 4.24. The first kappa shape index (κ1) is 10.5. The standard InChI is InChI=1S/C9H17O2/c1-3-4-5-6-7-8(2)9(10)11/h7-8H,3-6H2,1-2H3,(H,10,11). The van der Waals surface area contributed by atoms with Gasteiger partial charge in [0.2, 0.25) is 0 Å². The van der Waals surface area contributed by atoms with Gasteiger partial charge in [-0.15, -0.1) is 0 Å². The smallest absolute Gasteiger partial charge is 0.306 e. The van der Waals surface area contributed by atoms with E-state index in [1.807, 2.05) is 6.42 Å². The maximum atomic E-state index is 10.3. The summed E-state index contributed by atoms with van der Waals surface area (Å²) < 4.78 is 0. The van der Waals surface area contributed by atoms with E-state index < -0.39 is 5.97 Å². The number of rotatable bonds is 6. The maximum Gasteiger partial charge on any atom is 0.306 e. The fourth-order valence-electron chi connectivity index (χ4n) is 0.863. The van der Waals surface area contributed by atoms with E-state index in [1.165, 1.54) is 12.8 Å². The van der Waals surface area contributed by atoms with E-state index in [-0.39, 0.29) is 5.92 Å². The average molecular weight is 157 g/mol. The van der Waals surface area contributed by atoms with Crippen molar-refractivity contribution < 1.29 is 9.90 Å². The number of carboxylic acids is 1. The second-order valence-corrected chi connectivity index (χ2v) is 2.86. The number of hydrogen-bond acceptors (Lipinski definition) is 1. The highest BCUT2D eigenvalue weighted by molar-refractivity contribution is 5.70. The molecule has 0 aliphatic rings. The second kappa shape index (κ2) is 6.20. The van der Waals surface area contributed by atoms with Gasteiger partial charge < -0.3 is 5.11 Å². The molecule has 0 saturated carbocycles. The molecule has 0 amide bonds. The summed E-state index contributed by atoms with van der Waals surface area (Å²) >= 11 is 0. The Morgan fingerprint density at radius 3 is 2.64 bits per heavy atom. The zero-order chi connectivity index (χ0) is 8.69. The minimum absolute atomic E-state index is 0.285. The van der Waals surface area contributed by atoms with Crippen molar-refractivity contribution in [3.8, 4) is 0 Å². The number of carbonyl (C=O) groups is 1. The molecular formula is C9H17O2. The SMILES string of the molecule is CCCCC[CH]C(C)C(=O)O. The lowest BCUT2D eigenvalue weighted by Gasteiger charge is -2.03. The fraction of sp³-hybridized carbons (Fsp3) is 0.778. The Hall–Kier alpha value is -0.530. The number of hydrogen-bond donors (Lipinski definition) is 1. The van der Waals surface area contributed by atoms with Crippen molar-refractivity contribution in [1.29, 1.82) is 0 Å². The molecule has 0 fully saturated rings. The van der Waals surface area contributed by atoms with Crippen molar-refractivity contribution in [3.05, 3.63) is 6.42 Å². The molecule has 11 heavy (non-hydrogen) atoms. The Labute approximate surface area is 68.6 Å². The molecule has 0 heterocycles. The molecule has 65 valence electrons. The summed E-state index contributed by atoms with van der Waals surface area (Å²) in [4.78, 5) is 10.3. The number of carboxylic acid groups (broad SMARTS) is 1. The van der Waals surface area contributed by atoms with Crippen LogP contribution in [0.25, 0.3) is 0 Å². The van der Waals surface area contributed by atoms with Gasteiger partial charge in [0.15, 0.2) is 0 Å². The van der Waals surface area contributed by atoms with Gasteiger partial charge in [0.1, 0.15) is 0 Å². The molecule has 1 N–H and O–H groups in total. The molecule has 0 aromatic carbocycles. The van der Waals surface area contributed by atoms with E-state index in [1.54, 1.807) is 6.92 Å². The van der Waals surface area contributed by atoms with Crippen molar-refractivity contribution in [2.24, 2.45) is 5.92 Å². The van der Waals surface area contributed by atoms with Crippen LogP contribution in [0.3, 0.4) is 0 Å². The Morgan fingerprint density at radius 1 is 1.55 bits per heavy atom. The molecule has 1 atom stereocenters. The average Bonchev–Trinajstić information content (AvgIpc) is 1.97. The summed E-state index contributed by atoms with van der Waals surface area (Å²) in [6, 6.07) is 0. The third kappa shape index (κ3) is 5.89. The summed E-state index contributed by atoms with van der Waals surface area (Å²) in [5.41, 5.74) is 0. The van der Waals surface area contributed by atoms with Crippen LogP contribution in [-0.2, 0) is 4.79 Å². The maximum absolute atomic E-state index is 10.3. The van der Waals surface area contributed by atoms with Crippen molar-refractivity contribution >= 4 is 5.97 Å². The van der Waals surface area contributed by atoms with Gasteiger partial charge in [-0.2, -0.15) is 0 Å². The first-order valence-electron chi connectivity index (χ1n) is 4.24. The Morgan fingerprint density at radius 2 is 2.18 bits per heavy atom.